The largest absolute Gasteiger partial charge is 0.418 e. The molecule has 0 saturated carbocycles. The number of hydrazone groups is 1. The third-order valence-electron chi connectivity index (χ3n) is 3.97. The summed E-state index contributed by atoms with van der Waals surface area (Å²) in [5.74, 6) is 0.718. The van der Waals surface area contributed by atoms with E-state index in [-0.39, 0.29) is 4.90 Å². The van der Waals surface area contributed by atoms with Crippen molar-refractivity contribution >= 4 is 32.0 Å². The Morgan fingerprint density at radius 2 is 1.88 bits per heavy atom. The molecule has 1 aliphatic rings. The lowest BCUT2D eigenvalue weighted by molar-refractivity contribution is 0.584. The molecule has 24 heavy (non-hydrogen) atoms. The van der Waals surface area contributed by atoms with Crippen molar-refractivity contribution in [1.82, 2.24) is 4.83 Å². The molecule has 0 bridgehead atoms. The van der Waals surface area contributed by atoms with Gasteiger partial charge in [0.05, 0.1) is 10.6 Å². The van der Waals surface area contributed by atoms with E-state index in [9.17, 15) is 8.42 Å². The summed E-state index contributed by atoms with van der Waals surface area (Å²) in [5.41, 5.74) is 3.81. The number of aryl methyl sites for hydroxylation is 2. The Bertz CT molecular complexity index is 877. The summed E-state index contributed by atoms with van der Waals surface area (Å²) >= 11 is 2.97. The molecule has 7 heteroatoms. The Morgan fingerprint density at radius 1 is 1.12 bits per heavy atom. The van der Waals surface area contributed by atoms with Gasteiger partial charge in [-0.1, -0.05) is 17.7 Å². The van der Waals surface area contributed by atoms with Gasteiger partial charge in [0.2, 0.25) is 0 Å². The summed E-state index contributed by atoms with van der Waals surface area (Å²) in [4.78, 5) is 2.56. The number of hydrogen-bond donors (Lipinski definition) is 1. The van der Waals surface area contributed by atoms with Gasteiger partial charge < -0.3 is 3.83 Å². The highest BCUT2D eigenvalue weighted by Crippen LogP contribution is 2.26. The molecule has 0 spiro atoms. The van der Waals surface area contributed by atoms with Crippen LogP contribution in [0.1, 0.15) is 29.5 Å². The molecule has 0 aliphatic heterocycles. The van der Waals surface area contributed by atoms with E-state index < -0.39 is 10.0 Å². The van der Waals surface area contributed by atoms with Gasteiger partial charge in [0.15, 0.2) is 16.3 Å². The first-order chi connectivity index (χ1) is 11.5. The molecule has 1 N–H and O–H groups in total. The molecule has 0 fully saturated rings. The first kappa shape index (κ1) is 17.0. The SMILES string of the molecule is Cc1ccc(S(=O)(=O)N/N=C2\CCCc3cc(OBr)ccc32)cc1. The van der Waals surface area contributed by atoms with Gasteiger partial charge in [-0.25, -0.2) is 0 Å². The maximum Gasteiger partial charge on any atom is 0.276 e. The topological polar surface area (TPSA) is 67.8 Å². The highest BCUT2D eigenvalue weighted by atomic mass is 79.9. The molecule has 0 heterocycles. The molecule has 126 valence electrons. The quantitative estimate of drug-likeness (QED) is 0.783. The highest BCUT2D eigenvalue weighted by Gasteiger charge is 2.18. The molecule has 0 radical (unpaired) electrons. The van der Waals surface area contributed by atoms with Crippen LogP contribution in [-0.2, 0) is 16.4 Å². The van der Waals surface area contributed by atoms with E-state index in [4.69, 9.17) is 3.83 Å². The Hall–Kier alpha value is -1.86. The van der Waals surface area contributed by atoms with Crippen LogP contribution < -0.4 is 8.66 Å². The molecule has 0 aromatic heterocycles. The van der Waals surface area contributed by atoms with Gasteiger partial charge in [0.25, 0.3) is 10.0 Å². The van der Waals surface area contributed by atoms with Crippen molar-refractivity contribution in [3.8, 4) is 5.75 Å². The van der Waals surface area contributed by atoms with E-state index >= 15 is 0 Å². The number of rotatable bonds is 4. The second-order valence-corrected chi connectivity index (χ2v) is 7.70. The van der Waals surface area contributed by atoms with Crippen molar-refractivity contribution in [3.05, 3.63) is 59.2 Å². The van der Waals surface area contributed by atoms with Crippen LogP contribution >= 0.6 is 16.3 Å². The normalized spacial score (nSPS) is 15.8. The summed E-state index contributed by atoms with van der Waals surface area (Å²) in [6.07, 6.45) is 2.57. The lowest BCUT2D eigenvalue weighted by Crippen LogP contribution is -2.22. The molecular formula is C17H17BrN2O3S. The van der Waals surface area contributed by atoms with Crippen LogP contribution in [0.2, 0.25) is 0 Å². The maximum absolute atomic E-state index is 12.4. The van der Waals surface area contributed by atoms with Crippen LogP contribution in [0.15, 0.2) is 52.5 Å². The average Bonchev–Trinajstić information content (AvgIpc) is 2.59. The van der Waals surface area contributed by atoms with E-state index in [1.54, 1.807) is 24.3 Å². The molecule has 2 aromatic rings. The minimum absolute atomic E-state index is 0.205. The number of benzene rings is 2. The Balaban J connectivity index is 1.87. The molecule has 1 aliphatic carbocycles. The summed E-state index contributed by atoms with van der Waals surface area (Å²) < 4.78 is 29.8. The van der Waals surface area contributed by atoms with E-state index in [2.05, 4.69) is 26.2 Å². The monoisotopic (exact) mass is 408 g/mol. The molecular weight excluding hydrogens is 392 g/mol. The van der Waals surface area contributed by atoms with Crippen molar-refractivity contribution in [3.63, 3.8) is 0 Å². The Kier molecular flexibility index (Phi) is 4.91. The molecule has 0 unspecified atom stereocenters. The highest BCUT2D eigenvalue weighted by molar-refractivity contribution is 9.06. The second kappa shape index (κ2) is 6.94. The first-order valence-electron chi connectivity index (χ1n) is 7.56. The number of halogens is 1. The molecule has 0 saturated heterocycles. The molecule has 2 aromatic carbocycles. The first-order valence-corrected chi connectivity index (χ1v) is 9.69. The number of nitrogens with zero attached hydrogens (tertiary/aromatic N) is 1. The number of nitrogens with one attached hydrogen (secondary N) is 1. The van der Waals surface area contributed by atoms with Gasteiger partial charge in [-0.3, -0.25) is 0 Å². The standard InChI is InChI=1S/C17H17BrN2O3S/c1-12-5-8-15(9-6-12)24(21,22)20-19-17-4-2-3-13-11-14(23-18)7-10-16(13)17/h5-11,20H,2-4H2,1H3/b19-17+. The van der Waals surface area contributed by atoms with E-state index in [1.807, 2.05) is 25.1 Å². The number of sulfonamides is 1. The van der Waals surface area contributed by atoms with Crippen LogP contribution in [0.4, 0.5) is 0 Å². The minimum Gasteiger partial charge on any atom is -0.418 e. The average molecular weight is 409 g/mol. The Morgan fingerprint density at radius 3 is 2.58 bits per heavy atom. The van der Waals surface area contributed by atoms with Gasteiger partial charge in [0.1, 0.15) is 5.75 Å². The summed E-state index contributed by atoms with van der Waals surface area (Å²) in [5, 5.41) is 4.18. The molecule has 0 amide bonds. The molecule has 3 rings (SSSR count). The van der Waals surface area contributed by atoms with Crippen LogP contribution in [0.5, 0.6) is 5.75 Å². The third kappa shape index (κ3) is 3.62. The predicted octanol–water partition coefficient (Wildman–Crippen LogP) is 3.70. The third-order valence-corrected chi connectivity index (χ3v) is 5.57. The number of fused-ring (bicyclic) bond motifs is 1. The minimum atomic E-state index is -3.66. The predicted molar refractivity (Wildman–Crippen MR) is 97.0 cm³/mol. The van der Waals surface area contributed by atoms with Crippen molar-refractivity contribution < 1.29 is 12.2 Å². The van der Waals surface area contributed by atoms with Crippen LogP contribution in [-0.4, -0.2) is 14.1 Å². The summed E-state index contributed by atoms with van der Waals surface area (Å²) in [6, 6.07) is 12.3. The molecule has 5 nitrogen and oxygen atoms in total. The fourth-order valence-corrected chi connectivity index (χ4v) is 3.72. The van der Waals surface area contributed by atoms with E-state index in [1.165, 1.54) is 0 Å². The van der Waals surface area contributed by atoms with E-state index in [0.717, 1.165) is 47.4 Å². The number of hydrogen-bond acceptors (Lipinski definition) is 4. The van der Waals surface area contributed by atoms with Crippen LogP contribution in [0.3, 0.4) is 0 Å². The van der Waals surface area contributed by atoms with Gasteiger partial charge >= 0.3 is 0 Å². The van der Waals surface area contributed by atoms with Crippen molar-refractivity contribution in [2.45, 2.75) is 31.1 Å². The fraction of sp³-hybridized carbons (Fsp3) is 0.235. The van der Waals surface area contributed by atoms with Crippen molar-refractivity contribution in [1.29, 1.82) is 0 Å². The fourth-order valence-electron chi connectivity index (χ4n) is 2.69. The lowest BCUT2D eigenvalue weighted by atomic mass is 9.90. The zero-order valence-electron chi connectivity index (χ0n) is 13.1. The van der Waals surface area contributed by atoms with Crippen molar-refractivity contribution in [2.75, 3.05) is 0 Å². The van der Waals surface area contributed by atoms with Gasteiger partial charge in [-0.05, 0) is 62.1 Å². The molecule has 0 atom stereocenters. The smallest absolute Gasteiger partial charge is 0.276 e. The van der Waals surface area contributed by atoms with Gasteiger partial charge in [-0.15, -0.1) is 0 Å². The van der Waals surface area contributed by atoms with Crippen LogP contribution in [0, 0.1) is 6.92 Å². The lowest BCUT2D eigenvalue weighted by Gasteiger charge is -2.18. The maximum atomic E-state index is 12.4. The summed E-state index contributed by atoms with van der Waals surface area (Å²) in [6.45, 7) is 1.91. The zero-order valence-corrected chi connectivity index (χ0v) is 15.5. The second-order valence-electron chi connectivity index (χ2n) is 5.72. The summed E-state index contributed by atoms with van der Waals surface area (Å²) in [7, 11) is -3.66. The Labute approximate surface area is 150 Å². The van der Waals surface area contributed by atoms with Crippen LogP contribution in [0.25, 0.3) is 0 Å². The van der Waals surface area contributed by atoms with Gasteiger partial charge in [0, 0.05) is 5.56 Å². The van der Waals surface area contributed by atoms with Crippen molar-refractivity contribution in [2.24, 2.45) is 5.10 Å². The zero-order chi connectivity index (χ0) is 17.2. The van der Waals surface area contributed by atoms with Gasteiger partial charge in [-0.2, -0.15) is 18.4 Å². The van der Waals surface area contributed by atoms with E-state index in [0.29, 0.717) is 0 Å².